The summed E-state index contributed by atoms with van der Waals surface area (Å²) in [6.45, 7) is 6.14. The summed E-state index contributed by atoms with van der Waals surface area (Å²) in [5.74, 6) is 0.622. The molecule has 1 aliphatic heterocycles. The van der Waals surface area contributed by atoms with Crippen LogP contribution in [0.15, 0.2) is 65.1 Å². The lowest BCUT2D eigenvalue weighted by Gasteiger charge is -2.35. The van der Waals surface area contributed by atoms with Crippen molar-refractivity contribution in [2.45, 2.75) is 13.5 Å². The number of benzene rings is 2. The first kappa shape index (κ1) is 19.2. The average molecular weight is 393 g/mol. The second-order valence-electron chi connectivity index (χ2n) is 7.33. The number of aryl methyl sites for hydroxylation is 1. The molecule has 2 aromatic carbocycles. The summed E-state index contributed by atoms with van der Waals surface area (Å²) in [6.07, 6.45) is 0. The fourth-order valence-electron chi connectivity index (χ4n) is 3.54. The molecule has 1 saturated heterocycles. The molecule has 0 bridgehead atoms. The van der Waals surface area contributed by atoms with E-state index in [-0.39, 0.29) is 11.7 Å². The van der Waals surface area contributed by atoms with Crippen molar-refractivity contribution in [2.75, 3.05) is 36.4 Å². The van der Waals surface area contributed by atoms with Crippen LogP contribution in [0.2, 0.25) is 0 Å². The van der Waals surface area contributed by atoms with Crippen LogP contribution in [0.1, 0.15) is 21.9 Å². The van der Waals surface area contributed by atoms with E-state index in [1.165, 1.54) is 12.1 Å². The van der Waals surface area contributed by atoms with Crippen molar-refractivity contribution < 1.29 is 13.6 Å². The minimum absolute atomic E-state index is 0.215. The summed E-state index contributed by atoms with van der Waals surface area (Å²) >= 11 is 0. The Hall–Kier alpha value is -3.12. The first-order chi connectivity index (χ1) is 14.1. The van der Waals surface area contributed by atoms with E-state index in [1.807, 2.05) is 49.4 Å². The minimum atomic E-state index is -0.247. The van der Waals surface area contributed by atoms with Crippen molar-refractivity contribution in [3.63, 3.8) is 0 Å². The summed E-state index contributed by atoms with van der Waals surface area (Å²) in [6, 6.07) is 17.9. The normalized spacial score (nSPS) is 14.8. The molecule has 2 heterocycles. The molecular weight excluding hydrogens is 369 g/mol. The zero-order valence-corrected chi connectivity index (χ0v) is 16.4. The molecule has 4 rings (SSSR count). The predicted octanol–water partition coefficient (Wildman–Crippen LogP) is 4.30. The maximum Gasteiger partial charge on any atom is 0.291 e. The van der Waals surface area contributed by atoms with Crippen LogP contribution < -0.4 is 10.2 Å². The number of amides is 1. The quantitative estimate of drug-likeness (QED) is 0.702. The molecule has 1 aliphatic rings. The lowest BCUT2D eigenvalue weighted by Crippen LogP contribution is -2.45. The molecule has 0 radical (unpaired) electrons. The predicted molar refractivity (Wildman–Crippen MR) is 112 cm³/mol. The fraction of sp³-hybridized carbons (Fsp3) is 0.261. The van der Waals surface area contributed by atoms with E-state index in [0.717, 1.165) is 48.9 Å². The molecule has 0 unspecified atom stereocenters. The number of hydrogen-bond acceptors (Lipinski definition) is 4. The van der Waals surface area contributed by atoms with Crippen LogP contribution in [-0.2, 0) is 6.54 Å². The molecule has 1 fully saturated rings. The number of rotatable bonds is 5. The molecule has 0 atom stereocenters. The Bertz CT molecular complexity index is 976. The van der Waals surface area contributed by atoms with Gasteiger partial charge in [0.25, 0.3) is 5.91 Å². The second kappa shape index (κ2) is 8.49. The monoisotopic (exact) mass is 393 g/mol. The third kappa shape index (κ3) is 4.84. The Morgan fingerprint density at radius 2 is 1.79 bits per heavy atom. The highest BCUT2D eigenvalue weighted by molar-refractivity contribution is 6.02. The standard InChI is InChI=1S/C23H24FN3O2/c1-17-3-2-4-19(15-17)25-23(28)22-10-9-21(29-22)16-26-11-13-27(14-12-26)20-7-5-18(24)6-8-20/h2-10,15H,11-14,16H2,1H3,(H,25,28). The molecule has 29 heavy (non-hydrogen) atoms. The first-order valence-corrected chi connectivity index (χ1v) is 9.76. The van der Waals surface area contributed by atoms with Gasteiger partial charge in [-0.1, -0.05) is 12.1 Å². The van der Waals surface area contributed by atoms with Gasteiger partial charge in [-0.15, -0.1) is 0 Å². The highest BCUT2D eigenvalue weighted by atomic mass is 19.1. The lowest BCUT2D eigenvalue weighted by molar-refractivity contribution is 0.0992. The number of furan rings is 1. The van der Waals surface area contributed by atoms with Crippen molar-refractivity contribution in [2.24, 2.45) is 0 Å². The van der Waals surface area contributed by atoms with Crippen LogP contribution in [-0.4, -0.2) is 37.0 Å². The highest BCUT2D eigenvalue weighted by Crippen LogP contribution is 2.19. The maximum atomic E-state index is 13.1. The van der Waals surface area contributed by atoms with Gasteiger partial charge in [0.15, 0.2) is 5.76 Å². The number of nitrogens with one attached hydrogen (secondary N) is 1. The topological polar surface area (TPSA) is 48.7 Å². The lowest BCUT2D eigenvalue weighted by atomic mass is 10.2. The van der Waals surface area contributed by atoms with E-state index < -0.39 is 0 Å². The zero-order chi connectivity index (χ0) is 20.2. The molecule has 5 nitrogen and oxygen atoms in total. The van der Waals surface area contributed by atoms with Crippen LogP contribution in [0.4, 0.5) is 15.8 Å². The van der Waals surface area contributed by atoms with Crippen LogP contribution >= 0.6 is 0 Å². The van der Waals surface area contributed by atoms with E-state index in [2.05, 4.69) is 15.1 Å². The molecule has 0 saturated carbocycles. The van der Waals surface area contributed by atoms with E-state index in [0.29, 0.717) is 12.3 Å². The number of carbonyl (C=O) groups is 1. The van der Waals surface area contributed by atoms with Gasteiger partial charge in [-0.3, -0.25) is 9.69 Å². The molecular formula is C23H24FN3O2. The van der Waals surface area contributed by atoms with Gasteiger partial charge in [-0.2, -0.15) is 0 Å². The number of piperazine rings is 1. The van der Waals surface area contributed by atoms with Crippen molar-refractivity contribution in [1.29, 1.82) is 0 Å². The van der Waals surface area contributed by atoms with Gasteiger partial charge in [-0.25, -0.2) is 4.39 Å². The molecule has 1 aromatic heterocycles. The molecule has 0 aliphatic carbocycles. The molecule has 1 amide bonds. The van der Waals surface area contributed by atoms with Crippen molar-refractivity contribution in [1.82, 2.24) is 4.90 Å². The van der Waals surface area contributed by atoms with E-state index >= 15 is 0 Å². The maximum absolute atomic E-state index is 13.1. The van der Waals surface area contributed by atoms with Crippen LogP contribution in [0.3, 0.4) is 0 Å². The molecule has 3 aromatic rings. The van der Waals surface area contributed by atoms with Crippen molar-refractivity contribution >= 4 is 17.3 Å². The fourth-order valence-corrected chi connectivity index (χ4v) is 3.54. The Morgan fingerprint density at radius 1 is 1.03 bits per heavy atom. The number of carbonyl (C=O) groups excluding carboxylic acids is 1. The van der Waals surface area contributed by atoms with Crippen molar-refractivity contribution in [3.05, 3.63) is 83.6 Å². The van der Waals surface area contributed by atoms with E-state index in [1.54, 1.807) is 6.07 Å². The summed E-state index contributed by atoms with van der Waals surface area (Å²) in [4.78, 5) is 16.9. The number of hydrogen-bond donors (Lipinski definition) is 1. The van der Waals surface area contributed by atoms with Gasteiger partial charge in [0.2, 0.25) is 0 Å². The highest BCUT2D eigenvalue weighted by Gasteiger charge is 2.19. The molecule has 150 valence electrons. The van der Waals surface area contributed by atoms with Crippen molar-refractivity contribution in [3.8, 4) is 0 Å². The molecule has 0 spiro atoms. The van der Waals surface area contributed by atoms with E-state index in [9.17, 15) is 9.18 Å². The Kier molecular flexibility index (Phi) is 5.62. The Labute approximate surface area is 169 Å². The van der Waals surface area contributed by atoms with Gasteiger partial charge >= 0.3 is 0 Å². The zero-order valence-electron chi connectivity index (χ0n) is 16.4. The first-order valence-electron chi connectivity index (χ1n) is 9.76. The summed E-state index contributed by atoms with van der Waals surface area (Å²) in [7, 11) is 0. The Morgan fingerprint density at radius 3 is 2.52 bits per heavy atom. The van der Waals surface area contributed by atoms with Crippen LogP contribution in [0, 0.1) is 12.7 Å². The van der Waals surface area contributed by atoms with E-state index in [4.69, 9.17) is 4.42 Å². The molecule has 6 heteroatoms. The van der Waals surface area contributed by atoms with Crippen LogP contribution in [0.5, 0.6) is 0 Å². The number of nitrogens with zero attached hydrogens (tertiary/aromatic N) is 2. The average Bonchev–Trinajstić information content (AvgIpc) is 3.18. The third-order valence-corrected chi connectivity index (χ3v) is 5.10. The van der Waals surface area contributed by atoms with Gasteiger partial charge < -0.3 is 14.6 Å². The SMILES string of the molecule is Cc1cccc(NC(=O)c2ccc(CN3CCN(c4ccc(F)cc4)CC3)o2)c1. The smallest absolute Gasteiger partial charge is 0.291 e. The minimum Gasteiger partial charge on any atom is -0.455 e. The summed E-state index contributed by atoms with van der Waals surface area (Å²) < 4.78 is 18.9. The summed E-state index contributed by atoms with van der Waals surface area (Å²) in [5.41, 5.74) is 2.88. The second-order valence-corrected chi connectivity index (χ2v) is 7.33. The number of anilines is 2. The Balaban J connectivity index is 1.30. The molecule has 1 N–H and O–H groups in total. The van der Waals surface area contributed by atoms with Crippen LogP contribution in [0.25, 0.3) is 0 Å². The largest absolute Gasteiger partial charge is 0.455 e. The van der Waals surface area contributed by atoms with Gasteiger partial charge in [-0.05, 0) is 61.0 Å². The third-order valence-electron chi connectivity index (χ3n) is 5.10. The summed E-state index contributed by atoms with van der Waals surface area (Å²) in [5, 5.41) is 2.86. The van der Waals surface area contributed by atoms with Gasteiger partial charge in [0.05, 0.1) is 6.54 Å². The van der Waals surface area contributed by atoms with Gasteiger partial charge in [0, 0.05) is 37.6 Å². The number of halogens is 1. The van der Waals surface area contributed by atoms with Gasteiger partial charge in [0.1, 0.15) is 11.6 Å².